The van der Waals surface area contributed by atoms with Crippen LogP contribution in [0.3, 0.4) is 0 Å². The average Bonchev–Trinajstić information content (AvgIpc) is 3.38. The van der Waals surface area contributed by atoms with E-state index in [0.717, 1.165) is 48.0 Å². The number of carbonyl (C=O) groups is 1. The molecule has 0 aliphatic heterocycles. The molecule has 6 heteroatoms. The Morgan fingerprint density at radius 3 is 2.00 bits per heavy atom. The molecule has 2 aromatic heterocycles. The zero-order chi connectivity index (χ0) is 22.6. The average molecular weight is 435 g/mol. The Kier molecular flexibility index (Phi) is 6.51. The predicted octanol–water partition coefficient (Wildman–Crippen LogP) is 6.10. The van der Waals surface area contributed by atoms with E-state index in [1.165, 1.54) is 11.1 Å². The summed E-state index contributed by atoms with van der Waals surface area (Å²) < 4.78 is 16.3. The van der Waals surface area contributed by atoms with Gasteiger partial charge in [0, 0.05) is 37.0 Å². The minimum atomic E-state index is -0.492. The molecule has 4 rings (SSSR count). The Bertz CT molecular complexity index is 1110. The molecule has 0 fully saturated rings. The molecule has 0 saturated heterocycles. The molecule has 6 nitrogen and oxygen atoms in total. The number of benzene rings is 2. The highest BCUT2D eigenvalue weighted by atomic mass is 16.6. The highest BCUT2D eigenvalue weighted by Crippen LogP contribution is 2.21. The highest BCUT2D eigenvalue weighted by molar-refractivity contribution is 5.78. The molecule has 0 atom stereocenters. The second-order valence-corrected chi connectivity index (χ2v) is 9.08. The van der Waals surface area contributed by atoms with Crippen molar-refractivity contribution < 1.29 is 18.4 Å². The molecular weight excluding hydrogens is 404 g/mol. The number of hydrogen-bond acceptors (Lipinski definition) is 5. The van der Waals surface area contributed by atoms with Crippen molar-refractivity contribution in [3.05, 3.63) is 72.2 Å². The van der Waals surface area contributed by atoms with Gasteiger partial charge in [-0.15, -0.1) is 0 Å². The Hall–Kier alpha value is -3.25. The van der Waals surface area contributed by atoms with Crippen molar-refractivity contribution in [2.75, 3.05) is 13.1 Å². The number of ether oxygens (including phenoxy) is 1. The summed E-state index contributed by atoms with van der Waals surface area (Å²) in [4.78, 5) is 14.3. The van der Waals surface area contributed by atoms with Crippen molar-refractivity contribution in [2.24, 2.45) is 0 Å². The Labute approximate surface area is 188 Å². The normalized spacial score (nSPS) is 12.0. The summed E-state index contributed by atoms with van der Waals surface area (Å²) in [6.45, 7) is 8.59. The standard InChI is InChI=1S/C26H30N2O4/c1-26(2,3)32-25(29)27-11-4-12-28(17-19-5-7-23-21(15-19)9-13-30-23)18-20-6-8-24-22(16-20)10-14-31-24/h5-10,13-16H,4,11-12,17-18H2,1-3H3,(H,27,29). The molecule has 0 bridgehead atoms. The van der Waals surface area contributed by atoms with E-state index >= 15 is 0 Å². The molecule has 0 spiro atoms. The summed E-state index contributed by atoms with van der Waals surface area (Å²) in [7, 11) is 0. The van der Waals surface area contributed by atoms with Crippen LogP contribution in [-0.4, -0.2) is 29.7 Å². The lowest BCUT2D eigenvalue weighted by Gasteiger charge is -2.23. The molecule has 1 amide bonds. The fourth-order valence-electron chi connectivity index (χ4n) is 3.77. The Morgan fingerprint density at radius 2 is 1.47 bits per heavy atom. The number of rotatable bonds is 8. The molecule has 2 heterocycles. The molecule has 0 saturated carbocycles. The van der Waals surface area contributed by atoms with Crippen molar-refractivity contribution in [1.82, 2.24) is 10.2 Å². The number of fused-ring (bicyclic) bond motifs is 2. The zero-order valence-corrected chi connectivity index (χ0v) is 18.9. The van der Waals surface area contributed by atoms with Crippen LogP contribution in [0.25, 0.3) is 21.9 Å². The van der Waals surface area contributed by atoms with Gasteiger partial charge in [0.2, 0.25) is 0 Å². The van der Waals surface area contributed by atoms with E-state index in [1.54, 1.807) is 12.5 Å². The van der Waals surface area contributed by atoms with Crippen molar-refractivity contribution >= 4 is 28.0 Å². The van der Waals surface area contributed by atoms with Gasteiger partial charge in [-0.1, -0.05) is 12.1 Å². The minimum absolute atomic E-state index is 0.375. The Morgan fingerprint density at radius 1 is 0.906 bits per heavy atom. The van der Waals surface area contributed by atoms with Gasteiger partial charge >= 0.3 is 6.09 Å². The third kappa shape index (κ3) is 5.92. The molecular formula is C26H30N2O4. The van der Waals surface area contributed by atoms with Gasteiger partial charge in [0.15, 0.2) is 0 Å². The van der Waals surface area contributed by atoms with Gasteiger partial charge in [-0.3, -0.25) is 4.90 Å². The first-order valence-electron chi connectivity index (χ1n) is 11.0. The summed E-state index contributed by atoms with van der Waals surface area (Å²) >= 11 is 0. The van der Waals surface area contributed by atoms with Gasteiger partial charge in [0.05, 0.1) is 12.5 Å². The van der Waals surface area contributed by atoms with Crippen LogP contribution in [0.4, 0.5) is 4.79 Å². The molecule has 168 valence electrons. The van der Waals surface area contributed by atoms with Crippen molar-refractivity contribution in [1.29, 1.82) is 0 Å². The molecule has 0 unspecified atom stereocenters. The molecule has 2 aromatic carbocycles. The van der Waals surface area contributed by atoms with Gasteiger partial charge in [-0.2, -0.15) is 0 Å². The van der Waals surface area contributed by atoms with Gasteiger partial charge in [0.25, 0.3) is 0 Å². The van der Waals surface area contributed by atoms with Crippen molar-refractivity contribution in [3.63, 3.8) is 0 Å². The lowest BCUT2D eigenvalue weighted by Crippen LogP contribution is -2.34. The smallest absolute Gasteiger partial charge is 0.407 e. The second-order valence-electron chi connectivity index (χ2n) is 9.08. The molecule has 0 radical (unpaired) electrons. The van der Waals surface area contributed by atoms with Crippen LogP contribution < -0.4 is 5.32 Å². The topological polar surface area (TPSA) is 67.8 Å². The fourth-order valence-corrected chi connectivity index (χ4v) is 3.77. The van der Waals surface area contributed by atoms with Crippen LogP contribution in [-0.2, 0) is 17.8 Å². The quantitative estimate of drug-likeness (QED) is 0.340. The molecule has 32 heavy (non-hydrogen) atoms. The number of nitrogens with one attached hydrogen (secondary N) is 1. The molecule has 1 N–H and O–H groups in total. The fraction of sp³-hybridized carbons (Fsp3) is 0.346. The highest BCUT2D eigenvalue weighted by Gasteiger charge is 2.16. The minimum Gasteiger partial charge on any atom is -0.464 e. The zero-order valence-electron chi connectivity index (χ0n) is 18.9. The predicted molar refractivity (Wildman–Crippen MR) is 125 cm³/mol. The maximum Gasteiger partial charge on any atom is 0.407 e. The van der Waals surface area contributed by atoms with Crippen LogP contribution in [0, 0.1) is 0 Å². The van der Waals surface area contributed by atoms with E-state index in [0.29, 0.717) is 6.54 Å². The van der Waals surface area contributed by atoms with Crippen LogP contribution in [0.5, 0.6) is 0 Å². The summed E-state index contributed by atoms with van der Waals surface area (Å²) in [5.74, 6) is 0. The second kappa shape index (κ2) is 9.49. The van der Waals surface area contributed by atoms with Gasteiger partial charge in [-0.25, -0.2) is 4.79 Å². The van der Waals surface area contributed by atoms with Crippen LogP contribution in [0.2, 0.25) is 0 Å². The number of hydrogen-bond donors (Lipinski definition) is 1. The first-order valence-corrected chi connectivity index (χ1v) is 11.0. The van der Waals surface area contributed by atoms with E-state index in [-0.39, 0.29) is 6.09 Å². The van der Waals surface area contributed by atoms with E-state index < -0.39 is 5.60 Å². The van der Waals surface area contributed by atoms with Crippen molar-refractivity contribution in [3.8, 4) is 0 Å². The molecule has 0 aliphatic carbocycles. The first-order chi connectivity index (χ1) is 15.4. The van der Waals surface area contributed by atoms with E-state index in [2.05, 4.69) is 34.5 Å². The number of nitrogens with zero attached hydrogens (tertiary/aromatic N) is 1. The summed E-state index contributed by atoms with van der Waals surface area (Å²) in [5.41, 5.74) is 3.75. The Balaban J connectivity index is 1.41. The van der Waals surface area contributed by atoms with Crippen LogP contribution in [0.1, 0.15) is 38.3 Å². The van der Waals surface area contributed by atoms with Gasteiger partial charge < -0.3 is 18.9 Å². The summed E-state index contributed by atoms with van der Waals surface area (Å²) in [6.07, 6.45) is 3.88. The summed E-state index contributed by atoms with van der Waals surface area (Å²) in [6, 6.07) is 16.6. The van der Waals surface area contributed by atoms with E-state index in [9.17, 15) is 4.79 Å². The third-order valence-electron chi connectivity index (χ3n) is 5.17. The maximum absolute atomic E-state index is 11.9. The first kappa shape index (κ1) is 22.0. The SMILES string of the molecule is CC(C)(C)OC(=O)NCCCN(Cc1ccc2occc2c1)Cc1ccc2occc2c1. The molecule has 4 aromatic rings. The number of furan rings is 2. The number of carbonyl (C=O) groups excluding carboxylic acids is 1. The van der Waals surface area contributed by atoms with Crippen LogP contribution >= 0.6 is 0 Å². The third-order valence-corrected chi connectivity index (χ3v) is 5.17. The largest absolute Gasteiger partial charge is 0.464 e. The van der Waals surface area contributed by atoms with Gasteiger partial charge in [-0.05, 0) is 74.7 Å². The molecule has 0 aliphatic rings. The van der Waals surface area contributed by atoms with Crippen molar-refractivity contribution in [2.45, 2.75) is 45.9 Å². The number of amides is 1. The van der Waals surface area contributed by atoms with Crippen LogP contribution in [0.15, 0.2) is 69.9 Å². The monoisotopic (exact) mass is 434 g/mol. The number of alkyl carbamates (subject to hydrolysis) is 1. The van der Waals surface area contributed by atoms with E-state index in [1.807, 2.05) is 45.0 Å². The lowest BCUT2D eigenvalue weighted by molar-refractivity contribution is 0.0525. The van der Waals surface area contributed by atoms with Gasteiger partial charge in [0.1, 0.15) is 16.8 Å². The lowest BCUT2D eigenvalue weighted by atomic mass is 10.1. The van der Waals surface area contributed by atoms with E-state index in [4.69, 9.17) is 13.6 Å². The maximum atomic E-state index is 11.9. The summed E-state index contributed by atoms with van der Waals surface area (Å²) in [5, 5.41) is 5.06.